The van der Waals surface area contributed by atoms with E-state index < -0.39 is 83.6 Å². The number of halogens is 2. The first-order valence-corrected chi connectivity index (χ1v) is 28.0. The van der Waals surface area contributed by atoms with E-state index >= 15 is 4.39 Å². The average molecular weight is 1150 g/mol. The number of primary amides is 1. The predicted molar refractivity (Wildman–Crippen MR) is 299 cm³/mol. The van der Waals surface area contributed by atoms with Crippen molar-refractivity contribution in [3.05, 3.63) is 120 Å². The van der Waals surface area contributed by atoms with Gasteiger partial charge in [0.2, 0.25) is 17.7 Å². The van der Waals surface area contributed by atoms with Crippen LogP contribution in [0.3, 0.4) is 0 Å². The number of nitrogens with two attached hydrogens (primary N) is 1. The molecule has 3 unspecified atom stereocenters. The number of benzene rings is 3. The van der Waals surface area contributed by atoms with Crippen LogP contribution in [0.4, 0.5) is 24.1 Å². The molecule has 6 atom stereocenters. The number of imidazole rings is 1. The van der Waals surface area contributed by atoms with E-state index in [0.29, 0.717) is 62.4 Å². The Morgan fingerprint density at radius 1 is 0.867 bits per heavy atom. The summed E-state index contributed by atoms with van der Waals surface area (Å²) < 4.78 is 43.2. The molecule has 2 fully saturated rings. The van der Waals surface area contributed by atoms with Gasteiger partial charge in [-0.15, -0.1) is 0 Å². The van der Waals surface area contributed by atoms with Gasteiger partial charge in [0.05, 0.1) is 24.4 Å². The minimum absolute atomic E-state index is 0.0268. The van der Waals surface area contributed by atoms with Crippen molar-refractivity contribution in [1.82, 2.24) is 40.2 Å². The second-order valence-electron chi connectivity index (χ2n) is 21.5. The molecular formula is C59H74F2N10O12. The molecule has 0 spiro atoms. The van der Waals surface area contributed by atoms with Crippen LogP contribution in [-0.4, -0.2) is 152 Å². The molecule has 22 nitrogen and oxygen atoms in total. The standard InChI is InChI=1S/C59H74F2N10O12/c1-36(2)52(67-49(74)14-8-5-9-26-70-50(75)21-22-51(70)76)56(78)66-46(13-10-25-63-58(62)80)55(77)64-43-18-15-39(16-19-43)35-83-59(81)69-31-41(48(73)34-69)32-71(57(79)37(3)72)53(40-23-27-82-28-24-40)54-65-47(44-29-42(60)17-20-45(44)61)33-68(54)30-38-11-6-4-7-12-38/h4,6-7,11-12,15-22,29,33,36-37,40-41,46,48,52-53,72-73H,5,8-10,13-14,23-28,30-32,34-35H2,1-3H3,(H,64,77)(H,66,78)(H,67,74)(H3,62,63,80)/t37-,41?,46-,48?,52-,53?/m0/s1. The number of anilines is 1. The molecule has 3 aromatic carbocycles. The van der Waals surface area contributed by atoms with Crippen LogP contribution >= 0.6 is 0 Å². The number of ether oxygens (including phenoxy) is 2. The normalized spacial score (nSPS) is 17.7. The van der Waals surface area contributed by atoms with Crippen molar-refractivity contribution in [1.29, 1.82) is 0 Å². The van der Waals surface area contributed by atoms with E-state index in [-0.39, 0.29) is 100 Å². The number of β-amino-alcohol motifs (C(OH)–C–C–N with tert-alkyl or cyclic N) is 1. The molecule has 446 valence electrons. The number of nitrogens with one attached hydrogen (secondary N) is 4. The van der Waals surface area contributed by atoms with E-state index in [0.717, 1.165) is 28.7 Å². The van der Waals surface area contributed by atoms with Gasteiger partial charge in [-0.2, -0.15) is 0 Å². The average Bonchev–Trinajstić information content (AvgIpc) is 3.25. The van der Waals surface area contributed by atoms with Crippen molar-refractivity contribution in [2.45, 2.75) is 116 Å². The summed E-state index contributed by atoms with van der Waals surface area (Å²) >= 11 is 0. The molecule has 4 aromatic rings. The van der Waals surface area contributed by atoms with Crippen molar-refractivity contribution >= 4 is 53.3 Å². The van der Waals surface area contributed by atoms with Gasteiger partial charge in [0.25, 0.3) is 17.7 Å². The third kappa shape index (κ3) is 17.5. The molecule has 0 saturated carbocycles. The SMILES string of the molecule is CC(C)[C@H](NC(=O)CCCCCN1C(=O)C=CC1=O)C(=O)N[C@@H](CCCNC(N)=O)C(=O)Nc1ccc(COC(=O)N2CC(O)C(CN(C(=O)[C@H](C)O)C(c3nc(-c4cc(F)ccc4F)cn3Cc3ccccc3)C3CCOCC3)C2)cc1. The monoisotopic (exact) mass is 1150 g/mol. The Hall–Kier alpha value is -8.09. The Bertz CT molecular complexity index is 2940. The van der Waals surface area contributed by atoms with Crippen molar-refractivity contribution < 1.29 is 66.8 Å². The van der Waals surface area contributed by atoms with Crippen LogP contribution < -0.4 is 27.0 Å². The van der Waals surface area contributed by atoms with E-state index in [1.807, 2.05) is 30.3 Å². The molecule has 0 radical (unpaired) electrons. The van der Waals surface area contributed by atoms with Gasteiger partial charge in [-0.25, -0.2) is 23.4 Å². The van der Waals surface area contributed by atoms with Crippen molar-refractivity contribution in [3.8, 4) is 11.3 Å². The number of aliphatic hydroxyl groups excluding tert-OH is 2. The zero-order valence-corrected chi connectivity index (χ0v) is 46.8. The fourth-order valence-electron chi connectivity index (χ4n) is 10.4. The number of unbranched alkanes of at least 4 members (excludes halogenated alkanes) is 2. The minimum atomic E-state index is -1.49. The molecule has 9 amide bonds. The number of carbonyl (C=O) groups excluding carboxylic acids is 8. The molecule has 4 heterocycles. The van der Waals surface area contributed by atoms with Gasteiger partial charge >= 0.3 is 12.1 Å². The summed E-state index contributed by atoms with van der Waals surface area (Å²) in [5.41, 5.74) is 7.03. The lowest BCUT2D eigenvalue weighted by Crippen LogP contribution is -2.54. The molecule has 3 aliphatic heterocycles. The first kappa shape index (κ1) is 62.5. The first-order chi connectivity index (χ1) is 39.8. The smallest absolute Gasteiger partial charge is 0.410 e. The quantitative estimate of drug-likeness (QED) is 0.0316. The van der Waals surface area contributed by atoms with E-state index in [9.17, 15) is 53.0 Å². The molecular weight excluding hydrogens is 1080 g/mol. The fraction of sp³-hybridized carbons (Fsp3) is 0.475. The highest BCUT2D eigenvalue weighted by Crippen LogP contribution is 2.39. The van der Waals surface area contributed by atoms with Crippen LogP contribution in [0, 0.1) is 29.4 Å². The molecule has 0 aliphatic carbocycles. The summed E-state index contributed by atoms with van der Waals surface area (Å²) in [5.74, 6) is -5.37. The number of rotatable bonds is 27. The molecule has 24 heteroatoms. The van der Waals surface area contributed by atoms with Gasteiger partial charge in [-0.05, 0) is 98.7 Å². The van der Waals surface area contributed by atoms with E-state index in [4.69, 9.17) is 20.2 Å². The predicted octanol–water partition coefficient (Wildman–Crippen LogP) is 4.68. The number of likely N-dealkylation sites (tertiary alicyclic amines) is 1. The summed E-state index contributed by atoms with van der Waals surface area (Å²) in [6, 6.07) is 15.2. The zero-order chi connectivity index (χ0) is 59.7. The highest BCUT2D eigenvalue weighted by molar-refractivity contribution is 6.12. The van der Waals surface area contributed by atoms with Crippen molar-refractivity contribution in [3.63, 3.8) is 0 Å². The lowest BCUT2D eigenvalue weighted by molar-refractivity contribution is -0.146. The van der Waals surface area contributed by atoms with Crippen LogP contribution in [0.25, 0.3) is 11.3 Å². The number of nitrogens with zero attached hydrogens (tertiary/aromatic N) is 5. The van der Waals surface area contributed by atoms with Gasteiger partial charge in [0.1, 0.15) is 42.3 Å². The number of aromatic nitrogens is 2. The number of carbonyl (C=O) groups is 8. The second-order valence-corrected chi connectivity index (χ2v) is 21.5. The minimum Gasteiger partial charge on any atom is -0.445 e. The van der Waals surface area contributed by atoms with E-state index in [2.05, 4.69) is 21.3 Å². The number of urea groups is 1. The first-order valence-electron chi connectivity index (χ1n) is 28.0. The number of imide groups is 1. The maximum Gasteiger partial charge on any atom is 0.410 e. The highest BCUT2D eigenvalue weighted by Gasteiger charge is 2.43. The molecule has 83 heavy (non-hydrogen) atoms. The number of amides is 9. The lowest BCUT2D eigenvalue weighted by Gasteiger charge is -2.40. The zero-order valence-electron chi connectivity index (χ0n) is 46.8. The molecule has 2 saturated heterocycles. The van der Waals surface area contributed by atoms with Crippen LogP contribution in [0.1, 0.15) is 95.1 Å². The summed E-state index contributed by atoms with van der Waals surface area (Å²) in [5, 5.41) is 33.2. The maximum atomic E-state index is 15.4. The van der Waals surface area contributed by atoms with Gasteiger partial charge in [-0.3, -0.25) is 33.7 Å². The Balaban J connectivity index is 0.976. The Morgan fingerprint density at radius 2 is 1.58 bits per heavy atom. The maximum absolute atomic E-state index is 15.4. The fourth-order valence-corrected chi connectivity index (χ4v) is 10.4. The largest absolute Gasteiger partial charge is 0.445 e. The Morgan fingerprint density at radius 3 is 2.25 bits per heavy atom. The van der Waals surface area contributed by atoms with Gasteiger partial charge in [0, 0.05) is 87.9 Å². The van der Waals surface area contributed by atoms with Crippen molar-refractivity contribution in [2.24, 2.45) is 23.5 Å². The van der Waals surface area contributed by atoms with Gasteiger partial charge < -0.3 is 61.1 Å². The Labute approximate surface area is 480 Å². The highest BCUT2D eigenvalue weighted by atomic mass is 19.1. The topological polar surface area (TPSA) is 297 Å². The number of hydrogen-bond acceptors (Lipinski definition) is 13. The van der Waals surface area contributed by atoms with Gasteiger partial charge in [-0.1, -0.05) is 62.7 Å². The molecule has 8 N–H and O–H groups in total. The molecule has 7 rings (SSSR count). The van der Waals surface area contributed by atoms with Crippen LogP contribution in [0.15, 0.2) is 91.1 Å². The third-order valence-corrected chi connectivity index (χ3v) is 14.9. The second kappa shape index (κ2) is 29.8. The summed E-state index contributed by atoms with van der Waals surface area (Å²) in [6.45, 7) is 5.69. The summed E-state index contributed by atoms with van der Waals surface area (Å²) in [6.07, 6.45) is 3.60. The molecule has 0 bridgehead atoms. The van der Waals surface area contributed by atoms with Gasteiger partial charge in [0.15, 0.2) is 0 Å². The number of aliphatic hydroxyl groups is 2. The molecule has 1 aromatic heterocycles. The van der Waals surface area contributed by atoms with Crippen LogP contribution in [-0.2, 0) is 51.4 Å². The summed E-state index contributed by atoms with van der Waals surface area (Å²) in [4.78, 5) is 112. The lowest BCUT2D eigenvalue weighted by atomic mass is 9.88. The van der Waals surface area contributed by atoms with Crippen LogP contribution in [0.5, 0.6) is 0 Å². The Kier molecular flexibility index (Phi) is 22.4. The number of hydrogen-bond donors (Lipinski definition) is 7. The van der Waals surface area contributed by atoms with Crippen LogP contribution in [0.2, 0.25) is 0 Å². The van der Waals surface area contributed by atoms with E-state index in [1.165, 1.54) is 28.9 Å². The third-order valence-electron chi connectivity index (χ3n) is 14.9. The summed E-state index contributed by atoms with van der Waals surface area (Å²) in [7, 11) is 0. The van der Waals surface area contributed by atoms with E-state index in [1.54, 1.807) is 48.9 Å². The molecule has 3 aliphatic rings. The van der Waals surface area contributed by atoms with Crippen molar-refractivity contribution in [2.75, 3.05) is 51.3 Å².